The van der Waals surface area contributed by atoms with Crippen molar-refractivity contribution in [1.29, 1.82) is 0 Å². The van der Waals surface area contributed by atoms with Gasteiger partial charge in [-0.05, 0) is 52.9 Å². The highest BCUT2D eigenvalue weighted by Gasteiger charge is 2.44. The molecule has 1 heterocycles. The number of carbonyl (C=O) groups excluding carboxylic acids is 3. The molecule has 0 aromatic carbocycles. The maximum Gasteiger partial charge on any atom is 0.407 e. The minimum absolute atomic E-state index is 0.0152. The lowest BCUT2D eigenvalue weighted by Crippen LogP contribution is -2.59. The molecule has 0 aliphatic carbocycles. The minimum Gasteiger partial charge on any atom is -0.450 e. The van der Waals surface area contributed by atoms with Crippen molar-refractivity contribution < 1.29 is 68.0 Å². The second-order valence-electron chi connectivity index (χ2n) is 15.1. The van der Waals surface area contributed by atoms with Crippen LogP contribution in [0.25, 0.3) is 0 Å². The molecule has 17 nitrogen and oxygen atoms in total. The monoisotopic (exact) mass is 796 g/mol. The third-order valence-corrected chi connectivity index (χ3v) is 8.74. The smallest absolute Gasteiger partial charge is 0.407 e. The molecule has 0 radical (unpaired) electrons. The van der Waals surface area contributed by atoms with E-state index >= 15 is 0 Å². The van der Waals surface area contributed by atoms with E-state index in [1.165, 1.54) is 0 Å². The van der Waals surface area contributed by atoms with Crippen molar-refractivity contribution in [3.8, 4) is 0 Å². The lowest BCUT2D eigenvalue weighted by atomic mass is 9.94. The third-order valence-electron chi connectivity index (χ3n) is 8.74. The van der Waals surface area contributed by atoms with E-state index in [2.05, 4.69) is 43.6 Å². The molecular weight excluding hydrogens is 722 g/mol. The molecule has 0 saturated carbocycles. The molecule has 1 saturated heterocycles. The van der Waals surface area contributed by atoms with Crippen molar-refractivity contribution in [2.24, 2.45) is 5.41 Å². The summed E-state index contributed by atoms with van der Waals surface area (Å²) in [6.07, 6.45) is 0.641. The summed E-state index contributed by atoms with van der Waals surface area (Å²) < 4.78 is 38.4. The van der Waals surface area contributed by atoms with Crippen LogP contribution in [-0.2, 0) is 42.7 Å². The average Bonchev–Trinajstić information content (AvgIpc) is 3.14. The molecule has 5 unspecified atom stereocenters. The van der Waals surface area contributed by atoms with Gasteiger partial charge in [0.1, 0.15) is 24.4 Å². The zero-order valence-electron chi connectivity index (χ0n) is 34.0. The van der Waals surface area contributed by atoms with E-state index in [-0.39, 0.29) is 36.0 Å². The zero-order chi connectivity index (χ0) is 41.0. The van der Waals surface area contributed by atoms with Crippen LogP contribution < -0.4 is 16.0 Å². The van der Waals surface area contributed by atoms with Crippen LogP contribution in [0, 0.1) is 5.41 Å². The second-order valence-corrected chi connectivity index (χ2v) is 15.1. The third kappa shape index (κ3) is 25.6. The highest BCUT2D eigenvalue weighted by molar-refractivity contribution is 5.76. The lowest BCUT2D eigenvalue weighted by Gasteiger charge is -2.39. The Bertz CT molecular complexity index is 1020. The summed E-state index contributed by atoms with van der Waals surface area (Å²) in [5.41, 5.74) is -0.452. The summed E-state index contributed by atoms with van der Waals surface area (Å²) in [6, 6.07) is 0. The van der Waals surface area contributed by atoms with Gasteiger partial charge in [0, 0.05) is 44.5 Å². The molecule has 1 fully saturated rings. The second kappa shape index (κ2) is 30.0. The fourth-order valence-electron chi connectivity index (χ4n) is 5.42. The fraction of sp³-hybridized carbons (Fsp3) is 0.921. The van der Waals surface area contributed by atoms with Crippen molar-refractivity contribution in [2.45, 2.75) is 135 Å². The van der Waals surface area contributed by atoms with Gasteiger partial charge in [-0.3, -0.25) is 9.59 Å². The van der Waals surface area contributed by atoms with E-state index in [0.29, 0.717) is 78.7 Å². The molecule has 1 aliphatic heterocycles. The number of hydrogen-bond donors (Lipinski definition) is 7. The van der Waals surface area contributed by atoms with Gasteiger partial charge in [0.05, 0.1) is 65.1 Å². The molecule has 0 spiro atoms. The van der Waals surface area contributed by atoms with Crippen molar-refractivity contribution >= 4 is 17.9 Å². The summed E-state index contributed by atoms with van der Waals surface area (Å²) in [7, 11) is 0. The first-order valence-electron chi connectivity index (χ1n) is 19.9. The molecule has 55 heavy (non-hydrogen) atoms. The molecule has 0 bridgehead atoms. The van der Waals surface area contributed by atoms with E-state index in [0.717, 1.165) is 51.4 Å². The summed E-state index contributed by atoms with van der Waals surface area (Å²) in [4.78, 5) is 35.4. The predicted octanol–water partition coefficient (Wildman–Crippen LogP) is 1.55. The molecule has 0 aromatic rings. The highest BCUT2D eigenvalue weighted by Crippen LogP contribution is 2.25. The number of carbonyl (C=O) groups is 3. The topological polar surface area (TPSA) is 233 Å². The molecule has 324 valence electrons. The number of unbranched alkanes of at least 4 members (excludes halogenated alkanes) is 4. The van der Waals surface area contributed by atoms with Crippen LogP contribution in [0.1, 0.15) is 98.8 Å². The van der Waals surface area contributed by atoms with E-state index in [4.69, 9.17) is 33.2 Å². The number of alkyl carbamates (subject to hydrolysis) is 1. The van der Waals surface area contributed by atoms with Gasteiger partial charge in [-0.25, -0.2) is 4.79 Å². The maximum atomic E-state index is 12.2. The molecule has 3 amide bonds. The number of rotatable bonds is 33. The molecule has 1 rings (SSSR count). The van der Waals surface area contributed by atoms with Crippen molar-refractivity contribution in [1.82, 2.24) is 16.0 Å². The highest BCUT2D eigenvalue weighted by atomic mass is 16.7. The van der Waals surface area contributed by atoms with Crippen LogP contribution in [0.2, 0.25) is 0 Å². The van der Waals surface area contributed by atoms with Crippen LogP contribution in [0.4, 0.5) is 4.79 Å². The fourth-order valence-corrected chi connectivity index (χ4v) is 5.42. The van der Waals surface area contributed by atoms with Gasteiger partial charge in [0.25, 0.3) is 0 Å². The summed E-state index contributed by atoms with van der Waals surface area (Å²) >= 11 is 0. The summed E-state index contributed by atoms with van der Waals surface area (Å²) in [5.74, 6) is 0.0137. The van der Waals surface area contributed by atoms with E-state index in [1.54, 1.807) is 6.92 Å². The first kappa shape index (κ1) is 50.8. The zero-order valence-corrected chi connectivity index (χ0v) is 34.0. The molecule has 7 N–H and O–H groups in total. The average molecular weight is 796 g/mol. The van der Waals surface area contributed by atoms with Crippen LogP contribution in [0.3, 0.4) is 0 Å². The van der Waals surface area contributed by atoms with Gasteiger partial charge in [-0.2, -0.15) is 0 Å². The van der Waals surface area contributed by atoms with Crippen LogP contribution in [0.5, 0.6) is 0 Å². The number of hydrogen-bond acceptors (Lipinski definition) is 14. The maximum absolute atomic E-state index is 12.2. The Kier molecular flexibility index (Phi) is 27.7. The Morgan fingerprint density at radius 1 is 0.655 bits per heavy atom. The van der Waals surface area contributed by atoms with Crippen molar-refractivity contribution in [2.75, 3.05) is 85.7 Å². The SMILES string of the molecule is CCOC(=O)NCCCCCC(=O)NCCCOCC(C)(C)COC(C)(C)CCCCCC(=O)NCCOCCOCCOC1OC(CO)C(O)C(O)C1O. The standard InChI is InChI=1S/C38H73N3O14/c1-6-52-36(48)41-17-12-8-10-15-30(43)39-18-13-20-51-27-37(2,3)28-54-38(4,5)16-11-7-9-14-31(44)40-19-21-49-22-23-50-24-25-53-35-34(47)33(46)32(45)29(26-42)55-35/h29,32-35,42,45-47H,6-28H2,1-5H3,(H,39,43)(H,40,44)(H,41,48). The number of aliphatic hydroxyl groups excluding tert-OH is 4. The van der Waals surface area contributed by atoms with Gasteiger partial charge in [-0.15, -0.1) is 0 Å². The molecule has 17 heteroatoms. The Morgan fingerprint density at radius 2 is 1.27 bits per heavy atom. The van der Waals surface area contributed by atoms with Gasteiger partial charge in [-0.1, -0.05) is 33.1 Å². The van der Waals surface area contributed by atoms with Gasteiger partial charge >= 0.3 is 6.09 Å². The van der Waals surface area contributed by atoms with Crippen LogP contribution >= 0.6 is 0 Å². The quantitative estimate of drug-likeness (QED) is 0.0468. The number of nitrogens with one attached hydrogen (secondary N) is 3. The molecular formula is C38H73N3O14. The lowest BCUT2D eigenvalue weighted by molar-refractivity contribution is -0.302. The minimum atomic E-state index is -1.49. The largest absolute Gasteiger partial charge is 0.450 e. The van der Waals surface area contributed by atoms with Gasteiger partial charge in [0.2, 0.25) is 11.8 Å². The molecule has 0 aromatic heterocycles. The van der Waals surface area contributed by atoms with Crippen LogP contribution in [-0.4, -0.2) is 160 Å². The number of ether oxygens (including phenoxy) is 7. The Hall–Kier alpha value is -2.19. The van der Waals surface area contributed by atoms with Crippen molar-refractivity contribution in [3.63, 3.8) is 0 Å². The normalized spacial score (nSPS) is 20.3. The summed E-state index contributed by atoms with van der Waals surface area (Å²) in [5, 5.41) is 47.2. The first-order chi connectivity index (χ1) is 26.2. The molecule has 5 atom stereocenters. The van der Waals surface area contributed by atoms with E-state index in [9.17, 15) is 34.8 Å². The Morgan fingerprint density at radius 3 is 1.95 bits per heavy atom. The number of aliphatic hydroxyl groups is 4. The number of amides is 3. The van der Waals surface area contributed by atoms with Crippen LogP contribution in [0.15, 0.2) is 0 Å². The molecule has 1 aliphatic rings. The summed E-state index contributed by atoms with van der Waals surface area (Å²) in [6.45, 7) is 14.4. The first-order valence-corrected chi connectivity index (χ1v) is 19.9. The van der Waals surface area contributed by atoms with Crippen molar-refractivity contribution in [3.05, 3.63) is 0 Å². The van der Waals surface area contributed by atoms with Gasteiger partial charge in [0.15, 0.2) is 6.29 Å². The van der Waals surface area contributed by atoms with E-state index in [1.807, 2.05) is 0 Å². The Balaban J connectivity index is 1.97. The predicted molar refractivity (Wildman–Crippen MR) is 203 cm³/mol. The van der Waals surface area contributed by atoms with E-state index < -0.39 is 43.4 Å². The Labute approximate surface area is 327 Å². The van der Waals surface area contributed by atoms with Gasteiger partial charge < -0.3 is 69.5 Å².